The van der Waals surface area contributed by atoms with Crippen LogP contribution < -0.4 is 4.90 Å². The summed E-state index contributed by atoms with van der Waals surface area (Å²) >= 11 is 6.28. The third-order valence-electron chi connectivity index (χ3n) is 4.54. The van der Waals surface area contributed by atoms with E-state index in [0.29, 0.717) is 11.6 Å². The number of amides is 1. The molecule has 1 aliphatic rings. The van der Waals surface area contributed by atoms with Gasteiger partial charge < -0.3 is 4.74 Å². The van der Waals surface area contributed by atoms with Crippen molar-refractivity contribution in [1.82, 2.24) is 14.6 Å². The van der Waals surface area contributed by atoms with Gasteiger partial charge in [-0.05, 0) is 57.7 Å². The van der Waals surface area contributed by atoms with E-state index in [1.807, 2.05) is 6.07 Å². The largest absolute Gasteiger partial charge is 0.443 e. The first-order chi connectivity index (χ1) is 14.2. The molecule has 0 saturated heterocycles. The number of halogens is 2. The smallest absolute Gasteiger partial charge is 0.420 e. The van der Waals surface area contributed by atoms with Gasteiger partial charge in [0.2, 0.25) is 0 Å². The van der Waals surface area contributed by atoms with Gasteiger partial charge in [0.1, 0.15) is 22.4 Å². The molecule has 30 heavy (non-hydrogen) atoms. The SMILES string of the molecule is CC(C)(C)OC(=O)N(c1cc(F)cc(C#N)c1)c1cc(Cl)nc2c(C3CC3)cnn12. The molecular formula is C21H19ClFN5O2. The van der Waals surface area contributed by atoms with Crippen molar-refractivity contribution in [3.63, 3.8) is 0 Å². The van der Waals surface area contributed by atoms with Gasteiger partial charge in [-0.25, -0.2) is 19.1 Å². The van der Waals surface area contributed by atoms with Crippen LogP contribution >= 0.6 is 11.6 Å². The predicted molar refractivity (Wildman–Crippen MR) is 109 cm³/mol. The lowest BCUT2D eigenvalue weighted by atomic mass is 10.2. The summed E-state index contributed by atoms with van der Waals surface area (Å²) in [5, 5.41) is 13.8. The van der Waals surface area contributed by atoms with Crippen molar-refractivity contribution in [3.8, 4) is 6.07 Å². The number of hydrogen-bond acceptors (Lipinski definition) is 5. The maximum atomic E-state index is 14.2. The van der Waals surface area contributed by atoms with Crippen LogP contribution in [0.2, 0.25) is 5.15 Å². The minimum Gasteiger partial charge on any atom is -0.443 e. The minimum absolute atomic E-state index is 0.0640. The Bertz CT molecular complexity index is 1190. The molecule has 3 aromatic rings. The maximum absolute atomic E-state index is 14.2. The Morgan fingerprint density at radius 2 is 2.07 bits per heavy atom. The number of carbonyl (C=O) groups excluding carboxylic acids is 1. The number of ether oxygens (including phenoxy) is 1. The molecule has 0 radical (unpaired) electrons. The van der Waals surface area contributed by atoms with Crippen molar-refractivity contribution in [1.29, 1.82) is 5.26 Å². The second-order valence-electron chi connectivity index (χ2n) is 8.17. The first kappa shape index (κ1) is 20.1. The molecule has 9 heteroatoms. The van der Waals surface area contributed by atoms with Crippen molar-refractivity contribution in [2.75, 3.05) is 4.90 Å². The highest BCUT2D eigenvalue weighted by Gasteiger charge is 2.32. The normalized spacial score (nSPS) is 13.9. The predicted octanol–water partition coefficient (Wildman–Crippen LogP) is 5.34. The molecule has 1 saturated carbocycles. The van der Waals surface area contributed by atoms with Crippen molar-refractivity contribution in [2.45, 2.75) is 45.1 Å². The molecule has 0 spiro atoms. The summed E-state index contributed by atoms with van der Waals surface area (Å²) in [5.41, 5.74) is 0.854. The molecule has 2 heterocycles. The molecule has 4 rings (SSSR count). The highest BCUT2D eigenvalue weighted by Crippen LogP contribution is 2.42. The number of anilines is 2. The van der Waals surface area contributed by atoms with Crippen molar-refractivity contribution in [2.24, 2.45) is 0 Å². The Hall–Kier alpha value is -3.18. The molecule has 1 aromatic carbocycles. The maximum Gasteiger partial charge on any atom is 0.420 e. The fourth-order valence-electron chi connectivity index (χ4n) is 3.18. The van der Waals surface area contributed by atoms with Crippen LogP contribution in [0.1, 0.15) is 50.7 Å². The monoisotopic (exact) mass is 427 g/mol. The standard InChI is InChI=1S/C21H19ClFN5O2/c1-21(2,3)30-20(29)27(15-7-12(10-24)6-14(23)8-15)18-9-17(22)26-19-16(13-4-5-13)11-25-28(18)19/h6-9,11,13H,4-5H2,1-3H3. The first-order valence-corrected chi connectivity index (χ1v) is 9.82. The van der Waals surface area contributed by atoms with E-state index in [4.69, 9.17) is 16.3 Å². The van der Waals surface area contributed by atoms with Gasteiger partial charge in [0.25, 0.3) is 0 Å². The topological polar surface area (TPSA) is 83.5 Å². The van der Waals surface area contributed by atoms with Crippen LogP contribution in [0.15, 0.2) is 30.5 Å². The van der Waals surface area contributed by atoms with Crippen LogP contribution in [0.5, 0.6) is 0 Å². The van der Waals surface area contributed by atoms with Gasteiger partial charge in [-0.15, -0.1) is 0 Å². The zero-order valence-corrected chi connectivity index (χ0v) is 17.4. The van der Waals surface area contributed by atoms with Gasteiger partial charge >= 0.3 is 6.09 Å². The number of benzene rings is 1. The summed E-state index contributed by atoms with van der Waals surface area (Å²) in [6.07, 6.45) is 3.02. The molecule has 1 amide bonds. The van der Waals surface area contributed by atoms with E-state index in [1.54, 1.807) is 27.0 Å². The van der Waals surface area contributed by atoms with Gasteiger partial charge in [0.15, 0.2) is 5.65 Å². The quantitative estimate of drug-likeness (QED) is 0.526. The number of carbonyl (C=O) groups is 1. The van der Waals surface area contributed by atoms with Crippen molar-refractivity contribution >= 4 is 34.8 Å². The molecule has 2 aromatic heterocycles. The molecule has 0 N–H and O–H groups in total. The number of hydrogen-bond donors (Lipinski definition) is 0. The molecule has 1 aliphatic carbocycles. The average molecular weight is 428 g/mol. The van der Waals surface area contributed by atoms with Crippen LogP contribution in [0, 0.1) is 17.1 Å². The highest BCUT2D eigenvalue weighted by atomic mass is 35.5. The fraction of sp³-hybridized carbons (Fsp3) is 0.333. The second-order valence-corrected chi connectivity index (χ2v) is 8.56. The van der Waals surface area contributed by atoms with E-state index < -0.39 is 17.5 Å². The Kier molecular flexibility index (Phi) is 4.86. The van der Waals surface area contributed by atoms with Gasteiger partial charge in [0.05, 0.1) is 23.5 Å². The minimum atomic E-state index is -0.806. The van der Waals surface area contributed by atoms with E-state index >= 15 is 0 Å². The van der Waals surface area contributed by atoms with E-state index in [0.717, 1.165) is 35.4 Å². The molecular weight excluding hydrogens is 409 g/mol. The van der Waals surface area contributed by atoms with Crippen molar-refractivity contribution < 1.29 is 13.9 Å². The summed E-state index contributed by atoms with van der Waals surface area (Å²) in [7, 11) is 0. The van der Waals surface area contributed by atoms with Crippen LogP contribution in [-0.2, 0) is 4.74 Å². The Labute approximate surface area is 177 Å². The number of rotatable bonds is 3. The zero-order chi connectivity index (χ0) is 21.6. The summed E-state index contributed by atoms with van der Waals surface area (Å²) < 4.78 is 21.3. The van der Waals surface area contributed by atoms with Crippen LogP contribution in [0.25, 0.3) is 5.65 Å². The zero-order valence-electron chi connectivity index (χ0n) is 16.7. The number of nitrogens with zero attached hydrogens (tertiary/aromatic N) is 5. The first-order valence-electron chi connectivity index (χ1n) is 9.44. The van der Waals surface area contributed by atoms with Crippen LogP contribution in [0.3, 0.4) is 0 Å². The highest BCUT2D eigenvalue weighted by molar-refractivity contribution is 6.29. The Balaban J connectivity index is 1.94. The molecule has 0 atom stereocenters. The van der Waals surface area contributed by atoms with E-state index in [-0.39, 0.29) is 22.2 Å². The summed E-state index contributed by atoms with van der Waals surface area (Å²) in [4.78, 5) is 18.7. The van der Waals surface area contributed by atoms with Crippen LogP contribution in [0.4, 0.5) is 20.7 Å². The third-order valence-corrected chi connectivity index (χ3v) is 4.73. The Morgan fingerprint density at radius 3 is 2.70 bits per heavy atom. The molecule has 154 valence electrons. The third kappa shape index (κ3) is 3.94. The summed E-state index contributed by atoms with van der Waals surface area (Å²) in [6.45, 7) is 5.18. The number of nitriles is 1. The molecule has 1 fully saturated rings. The molecule has 0 unspecified atom stereocenters. The summed E-state index contributed by atoms with van der Waals surface area (Å²) in [5.74, 6) is -0.0653. The fourth-order valence-corrected chi connectivity index (χ4v) is 3.36. The van der Waals surface area contributed by atoms with Gasteiger partial charge in [-0.2, -0.15) is 14.9 Å². The van der Waals surface area contributed by atoms with E-state index in [9.17, 15) is 14.4 Å². The lowest BCUT2D eigenvalue weighted by Crippen LogP contribution is -2.35. The summed E-state index contributed by atoms with van der Waals surface area (Å²) in [6, 6.07) is 6.99. The Morgan fingerprint density at radius 1 is 1.33 bits per heavy atom. The molecule has 7 nitrogen and oxygen atoms in total. The van der Waals surface area contributed by atoms with Crippen LogP contribution in [-0.4, -0.2) is 26.3 Å². The molecule has 0 bridgehead atoms. The van der Waals surface area contributed by atoms with Crippen molar-refractivity contribution in [3.05, 3.63) is 52.6 Å². The lowest BCUT2D eigenvalue weighted by molar-refractivity contribution is 0.0597. The number of fused-ring (bicyclic) bond motifs is 1. The molecule has 0 aliphatic heterocycles. The second kappa shape index (κ2) is 7.26. The van der Waals surface area contributed by atoms with Gasteiger partial charge in [-0.3, -0.25) is 0 Å². The van der Waals surface area contributed by atoms with E-state index in [1.165, 1.54) is 16.6 Å². The van der Waals surface area contributed by atoms with Gasteiger partial charge in [-0.1, -0.05) is 11.6 Å². The number of aromatic nitrogens is 3. The van der Waals surface area contributed by atoms with E-state index in [2.05, 4.69) is 10.1 Å². The lowest BCUT2D eigenvalue weighted by Gasteiger charge is -2.27. The van der Waals surface area contributed by atoms with Gasteiger partial charge in [0, 0.05) is 11.6 Å². The average Bonchev–Trinajstić information content (AvgIpc) is 3.39.